The maximum absolute atomic E-state index is 13.4. The number of carbonyl (C=O) groups excluding carboxylic acids is 2. The van der Waals surface area contributed by atoms with E-state index in [1.807, 2.05) is 0 Å². The fraction of sp³-hybridized carbons (Fsp3) is 0.167. The molecule has 1 atom stereocenters. The molecule has 0 radical (unpaired) electrons. The molecule has 2 aromatic rings. The van der Waals surface area contributed by atoms with E-state index in [-0.39, 0.29) is 16.3 Å². The van der Waals surface area contributed by atoms with Crippen LogP contribution >= 0.6 is 11.6 Å². The van der Waals surface area contributed by atoms with Crippen molar-refractivity contribution in [3.63, 3.8) is 0 Å². The van der Waals surface area contributed by atoms with Crippen LogP contribution in [0.1, 0.15) is 11.3 Å². The van der Waals surface area contributed by atoms with Crippen molar-refractivity contribution in [2.45, 2.75) is 12.7 Å². The molecule has 0 saturated carbocycles. The first kappa shape index (κ1) is 22.6. The van der Waals surface area contributed by atoms with Crippen LogP contribution in [0.4, 0.5) is 13.2 Å². The van der Waals surface area contributed by atoms with E-state index in [1.165, 1.54) is 6.07 Å². The first-order chi connectivity index (χ1) is 15.0. The average Bonchev–Trinajstić information content (AvgIpc) is 2.70. The third-order valence-corrected chi connectivity index (χ3v) is 4.23. The van der Waals surface area contributed by atoms with Gasteiger partial charge in [-0.25, -0.2) is 9.98 Å². The van der Waals surface area contributed by atoms with Crippen molar-refractivity contribution in [3.8, 4) is 17.6 Å². The highest BCUT2D eigenvalue weighted by Gasteiger charge is 2.39. The Bertz CT molecular complexity index is 1280. The second kappa shape index (κ2) is 8.60. The Morgan fingerprint density at radius 2 is 2.03 bits per heavy atom. The third kappa shape index (κ3) is 4.81. The van der Waals surface area contributed by atoms with Crippen molar-refractivity contribution in [1.82, 2.24) is 9.55 Å². The number of alkyl halides is 3. The Labute approximate surface area is 181 Å². The number of ether oxygens (including phenoxy) is 1. The predicted molar refractivity (Wildman–Crippen MR) is 103 cm³/mol. The number of hydrogen-bond donors (Lipinski definition) is 1. The summed E-state index contributed by atoms with van der Waals surface area (Å²) >= 11 is 5.83. The lowest BCUT2D eigenvalue weighted by atomic mass is 10.1. The van der Waals surface area contributed by atoms with Crippen molar-refractivity contribution in [2.24, 2.45) is 21.6 Å². The molecule has 14 heteroatoms. The Morgan fingerprint density at radius 1 is 1.31 bits per heavy atom. The normalized spacial score (nSPS) is 15.8. The van der Waals surface area contributed by atoms with Crippen molar-refractivity contribution in [2.75, 3.05) is 0 Å². The van der Waals surface area contributed by atoms with Gasteiger partial charge in [0.15, 0.2) is 5.69 Å². The number of rotatable bonds is 5. The van der Waals surface area contributed by atoms with Gasteiger partial charge in [0, 0.05) is 17.8 Å². The van der Waals surface area contributed by atoms with Crippen LogP contribution in [0.3, 0.4) is 0 Å². The molecule has 0 spiro atoms. The van der Waals surface area contributed by atoms with Crippen molar-refractivity contribution in [3.05, 3.63) is 51.2 Å². The van der Waals surface area contributed by atoms with Gasteiger partial charge in [-0.05, 0) is 18.2 Å². The van der Waals surface area contributed by atoms with E-state index in [1.54, 1.807) is 6.07 Å². The van der Waals surface area contributed by atoms with Gasteiger partial charge in [-0.15, -0.1) is 0 Å². The zero-order chi connectivity index (χ0) is 23.6. The molecule has 32 heavy (non-hydrogen) atoms. The Balaban J connectivity index is 2.01. The van der Waals surface area contributed by atoms with Gasteiger partial charge in [0.1, 0.15) is 5.75 Å². The Hall–Kier alpha value is -4.05. The molecular formula is C18H10ClF3N6O4. The summed E-state index contributed by atoms with van der Waals surface area (Å²) in [5.41, 5.74) is 2.08. The number of aliphatic imine (C=N–C) groups is 2. The SMILES string of the molecule is N#Cc1cc(Cl)cc(Oc2c(C(F)(F)F)ncn(CC3C=NC(C(N)=O)=NC3=O)c2=O)c1. The summed E-state index contributed by atoms with van der Waals surface area (Å²) < 4.78 is 46.1. The van der Waals surface area contributed by atoms with Gasteiger partial charge in [0.2, 0.25) is 11.6 Å². The summed E-state index contributed by atoms with van der Waals surface area (Å²) in [6.07, 6.45) is -3.46. The van der Waals surface area contributed by atoms with Crippen molar-refractivity contribution >= 4 is 35.5 Å². The molecule has 164 valence electrons. The number of hydrogen-bond acceptors (Lipinski definition) is 7. The lowest BCUT2D eigenvalue weighted by Crippen LogP contribution is -2.34. The summed E-state index contributed by atoms with van der Waals surface area (Å²) in [7, 11) is 0. The number of nitrogens with zero attached hydrogens (tertiary/aromatic N) is 5. The molecule has 3 rings (SSSR count). The van der Waals surface area contributed by atoms with Crippen LogP contribution in [-0.2, 0) is 22.3 Å². The van der Waals surface area contributed by atoms with Crippen LogP contribution in [0.25, 0.3) is 0 Å². The van der Waals surface area contributed by atoms with E-state index >= 15 is 0 Å². The van der Waals surface area contributed by atoms with Gasteiger partial charge in [-0.1, -0.05) is 11.6 Å². The summed E-state index contributed by atoms with van der Waals surface area (Å²) in [6, 6.07) is 5.19. The number of benzene rings is 1. The van der Waals surface area contributed by atoms with Crippen LogP contribution in [0, 0.1) is 17.2 Å². The summed E-state index contributed by atoms with van der Waals surface area (Å²) in [4.78, 5) is 46.1. The second-order valence-corrected chi connectivity index (χ2v) is 6.73. The van der Waals surface area contributed by atoms with Gasteiger partial charge in [0.05, 0.1) is 23.9 Å². The highest BCUT2D eigenvalue weighted by atomic mass is 35.5. The fourth-order valence-corrected chi connectivity index (χ4v) is 2.82. The largest absolute Gasteiger partial charge is 0.449 e. The molecular weight excluding hydrogens is 457 g/mol. The van der Waals surface area contributed by atoms with Gasteiger partial charge in [-0.2, -0.15) is 23.4 Å². The maximum Gasteiger partial charge on any atom is 0.437 e. The highest BCUT2D eigenvalue weighted by Crippen LogP contribution is 2.35. The van der Waals surface area contributed by atoms with Gasteiger partial charge >= 0.3 is 6.18 Å². The number of halogens is 4. The number of carbonyl (C=O) groups is 2. The molecule has 1 aliphatic rings. The fourth-order valence-electron chi connectivity index (χ4n) is 2.59. The van der Waals surface area contributed by atoms with Crippen molar-refractivity contribution < 1.29 is 27.5 Å². The Kier molecular flexibility index (Phi) is 6.08. The molecule has 2 heterocycles. The van der Waals surface area contributed by atoms with E-state index in [9.17, 15) is 27.6 Å². The van der Waals surface area contributed by atoms with Crippen LogP contribution in [0.2, 0.25) is 5.02 Å². The number of nitriles is 1. The number of amidine groups is 1. The number of aromatic nitrogens is 2. The van der Waals surface area contributed by atoms with Crippen LogP contribution in [0.5, 0.6) is 11.5 Å². The highest BCUT2D eigenvalue weighted by molar-refractivity contribution is 6.41. The smallest absolute Gasteiger partial charge is 0.437 e. The standard InChI is InChI=1S/C18H10ClF3N6O4/c19-10-1-8(4-23)2-11(3-10)32-12-13(18(20,21)22)26-7-28(17(12)31)6-9-5-25-15(14(24)29)27-16(9)30/h1-3,5,7,9H,6H2,(H2,24,29). The zero-order valence-corrected chi connectivity index (χ0v) is 16.4. The number of nitrogens with two attached hydrogens (primary N) is 1. The van der Waals surface area contributed by atoms with E-state index in [2.05, 4.69) is 15.0 Å². The first-order valence-corrected chi connectivity index (χ1v) is 8.89. The van der Waals surface area contributed by atoms with Gasteiger partial charge in [0.25, 0.3) is 17.4 Å². The lowest BCUT2D eigenvalue weighted by Gasteiger charge is -2.17. The third-order valence-electron chi connectivity index (χ3n) is 4.01. The molecule has 2 N–H and O–H groups in total. The average molecular weight is 467 g/mol. The summed E-state index contributed by atoms with van der Waals surface area (Å²) in [5, 5.41) is 8.98. The summed E-state index contributed by atoms with van der Waals surface area (Å²) in [5.74, 6) is -5.12. The van der Waals surface area contributed by atoms with Crippen LogP contribution < -0.4 is 16.0 Å². The van der Waals surface area contributed by atoms with Crippen LogP contribution in [0.15, 0.2) is 39.3 Å². The minimum Gasteiger partial charge on any atom is -0.449 e. The molecule has 0 aliphatic carbocycles. The molecule has 1 aromatic carbocycles. The summed E-state index contributed by atoms with van der Waals surface area (Å²) in [6.45, 7) is -0.489. The molecule has 2 amide bonds. The van der Waals surface area contributed by atoms with E-state index < -0.39 is 53.3 Å². The lowest BCUT2D eigenvalue weighted by molar-refractivity contribution is -0.142. The van der Waals surface area contributed by atoms with Gasteiger partial charge in [-0.3, -0.25) is 19.0 Å². The predicted octanol–water partition coefficient (Wildman–Crippen LogP) is 1.69. The second-order valence-electron chi connectivity index (χ2n) is 6.29. The monoisotopic (exact) mass is 466 g/mol. The molecule has 0 fully saturated rings. The number of primary amides is 1. The van der Waals surface area contributed by atoms with Crippen LogP contribution in [-0.4, -0.2) is 33.4 Å². The molecule has 10 nitrogen and oxygen atoms in total. The van der Waals surface area contributed by atoms with E-state index in [0.717, 1.165) is 18.3 Å². The van der Waals surface area contributed by atoms with E-state index in [0.29, 0.717) is 10.9 Å². The topological polar surface area (TPSA) is 153 Å². The minimum atomic E-state index is -5.05. The van der Waals surface area contributed by atoms with Gasteiger partial charge < -0.3 is 10.5 Å². The molecule has 1 unspecified atom stereocenters. The molecule has 0 bridgehead atoms. The minimum absolute atomic E-state index is 0.0102. The molecule has 0 saturated heterocycles. The van der Waals surface area contributed by atoms with E-state index in [4.69, 9.17) is 27.3 Å². The van der Waals surface area contributed by atoms with Crippen molar-refractivity contribution in [1.29, 1.82) is 5.26 Å². The zero-order valence-electron chi connectivity index (χ0n) is 15.6. The maximum atomic E-state index is 13.4. The first-order valence-electron chi connectivity index (χ1n) is 8.51. The number of amides is 2. The quantitative estimate of drug-likeness (QED) is 0.707. The molecule has 1 aromatic heterocycles. The Morgan fingerprint density at radius 3 is 2.62 bits per heavy atom. The molecule has 1 aliphatic heterocycles.